The van der Waals surface area contributed by atoms with Gasteiger partial charge in [0.05, 0.1) is 0 Å². The van der Waals surface area contributed by atoms with E-state index in [0.717, 1.165) is 12.8 Å². The predicted molar refractivity (Wildman–Crippen MR) is 73.3 cm³/mol. The first-order valence-electron chi connectivity index (χ1n) is 6.15. The van der Waals surface area contributed by atoms with Crippen LogP contribution in [0.2, 0.25) is 0 Å². The average Bonchev–Trinajstić information content (AvgIpc) is 2.27. The highest BCUT2D eigenvalue weighted by molar-refractivity contribution is 9.10. The Labute approximate surface area is 109 Å². The summed E-state index contributed by atoms with van der Waals surface area (Å²) in [4.78, 5) is 0. The third kappa shape index (κ3) is 10.9. The summed E-state index contributed by atoms with van der Waals surface area (Å²) in [6.45, 7) is 2.79. The molecule has 0 unspecified atom stereocenters. The fourth-order valence-corrected chi connectivity index (χ4v) is 2.54. The third-order valence-electron chi connectivity index (χ3n) is 2.50. The Morgan fingerprint density at radius 2 is 1.44 bits per heavy atom. The number of hydrogen-bond acceptors (Lipinski definition) is 2. The van der Waals surface area contributed by atoms with Gasteiger partial charge in [0.2, 0.25) is 10.0 Å². The van der Waals surface area contributed by atoms with Crippen molar-refractivity contribution >= 4 is 26.0 Å². The van der Waals surface area contributed by atoms with Gasteiger partial charge < -0.3 is 0 Å². The number of alkyl halides is 1. The Balaban J connectivity index is 3.16. The van der Waals surface area contributed by atoms with Crippen molar-refractivity contribution in [3.63, 3.8) is 0 Å². The number of rotatable bonds is 11. The minimum atomic E-state index is -3.06. The second-order valence-electron chi connectivity index (χ2n) is 4.09. The molecule has 0 amide bonds. The van der Waals surface area contributed by atoms with E-state index in [9.17, 15) is 8.42 Å². The number of hydrogen-bond donors (Lipinski definition) is 1. The van der Waals surface area contributed by atoms with Gasteiger partial charge in [-0.15, -0.1) is 0 Å². The van der Waals surface area contributed by atoms with Crippen LogP contribution in [0.4, 0.5) is 0 Å². The molecule has 0 aliphatic heterocycles. The summed E-state index contributed by atoms with van der Waals surface area (Å²) in [6, 6.07) is 0. The van der Waals surface area contributed by atoms with Crippen LogP contribution < -0.4 is 4.72 Å². The molecule has 1 N–H and O–H groups in total. The molecule has 0 saturated carbocycles. The van der Waals surface area contributed by atoms with E-state index in [1.807, 2.05) is 0 Å². The van der Waals surface area contributed by atoms with Gasteiger partial charge in [0.1, 0.15) is 4.66 Å². The van der Waals surface area contributed by atoms with Crippen LogP contribution in [0.1, 0.15) is 58.3 Å². The Hall–Kier alpha value is 0.390. The first kappa shape index (κ1) is 16.4. The van der Waals surface area contributed by atoms with Gasteiger partial charge in [-0.25, -0.2) is 13.1 Å². The molecule has 0 fully saturated rings. The zero-order valence-electron chi connectivity index (χ0n) is 10.2. The standard InChI is InChI=1S/C11H24BrNO2S/c1-2-3-4-5-6-7-8-9-10-13-16(14,15)11-12/h13H,2-11H2,1H3. The summed E-state index contributed by atoms with van der Waals surface area (Å²) >= 11 is 2.94. The van der Waals surface area contributed by atoms with Crippen LogP contribution in [0, 0.1) is 0 Å². The van der Waals surface area contributed by atoms with Crippen LogP contribution in [0.25, 0.3) is 0 Å². The first-order valence-corrected chi connectivity index (χ1v) is 8.93. The Morgan fingerprint density at radius 1 is 0.938 bits per heavy atom. The molecule has 0 saturated heterocycles. The number of halogens is 1. The van der Waals surface area contributed by atoms with Gasteiger partial charge in [0.15, 0.2) is 0 Å². The summed E-state index contributed by atoms with van der Waals surface area (Å²) in [6.07, 6.45) is 9.86. The highest BCUT2D eigenvalue weighted by Crippen LogP contribution is 2.08. The molecular weight excluding hydrogens is 290 g/mol. The summed E-state index contributed by atoms with van der Waals surface area (Å²) < 4.78 is 24.6. The van der Waals surface area contributed by atoms with Crippen molar-refractivity contribution in [3.8, 4) is 0 Å². The monoisotopic (exact) mass is 313 g/mol. The van der Waals surface area contributed by atoms with Crippen molar-refractivity contribution < 1.29 is 8.42 Å². The van der Waals surface area contributed by atoms with Gasteiger partial charge in [0.25, 0.3) is 0 Å². The van der Waals surface area contributed by atoms with Crippen molar-refractivity contribution in [1.29, 1.82) is 0 Å². The highest BCUT2D eigenvalue weighted by atomic mass is 79.9. The van der Waals surface area contributed by atoms with E-state index in [-0.39, 0.29) is 4.66 Å². The predicted octanol–water partition coefficient (Wildman–Crippen LogP) is 3.40. The largest absolute Gasteiger partial charge is 0.221 e. The maximum absolute atomic E-state index is 11.0. The Bertz CT molecular complexity index is 242. The van der Waals surface area contributed by atoms with Crippen molar-refractivity contribution in [2.45, 2.75) is 58.3 Å². The van der Waals surface area contributed by atoms with Crippen molar-refractivity contribution in [2.24, 2.45) is 0 Å². The molecule has 0 aliphatic rings. The minimum Gasteiger partial charge on any atom is -0.215 e. The summed E-state index contributed by atoms with van der Waals surface area (Å²) in [5.41, 5.74) is 0. The molecule has 0 atom stereocenters. The molecule has 0 aliphatic carbocycles. The maximum Gasteiger partial charge on any atom is 0.221 e. The van der Waals surface area contributed by atoms with Crippen LogP contribution in [0.5, 0.6) is 0 Å². The van der Waals surface area contributed by atoms with E-state index in [1.165, 1.54) is 38.5 Å². The molecule has 3 nitrogen and oxygen atoms in total. The molecule has 0 spiro atoms. The Kier molecular flexibility index (Phi) is 10.8. The fourth-order valence-electron chi connectivity index (χ4n) is 1.53. The lowest BCUT2D eigenvalue weighted by molar-refractivity contribution is 0.561. The lowest BCUT2D eigenvalue weighted by atomic mass is 10.1. The van der Waals surface area contributed by atoms with E-state index < -0.39 is 10.0 Å². The molecule has 0 aromatic heterocycles. The summed E-state index contributed by atoms with van der Waals surface area (Å²) in [7, 11) is -3.06. The van der Waals surface area contributed by atoms with E-state index in [1.54, 1.807) is 0 Å². The van der Waals surface area contributed by atoms with Gasteiger partial charge >= 0.3 is 0 Å². The number of nitrogens with one attached hydrogen (secondary N) is 1. The second-order valence-corrected chi connectivity index (χ2v) is 7.20. The van der Waals surface area contributed by atoms with E-state index in [2.05, 4.69) is 27.6 Å². The molecule has 0 heterocycles. The normalized spacial score (nSPS) is 11.9. The molecular formula is C11H24BrNO2S. The molecule has 98 valence electrons. The quantitative estimate of drug-likeness (QED) is 0.469. The second kappa shape index (κ2) is 10.5. The molecule has 0 aromatic carbocycles. The van der Waals surface area contributed by atoms with Gasteiger partial charge in [-0.1, -0.05) is 67.8 Å². The van der Waals surface area contributed by atoms with Gasteiger partial charge in [-0.2, -0.15) is 0 Å². The molecule has 0 radical (unpaired) electrons. The van der Waals surface area contributed by atoms with Crippen LogP contribution >= 0.6 is 15.9 Å². The Morgan fingerprint density at radius 3 is 1.94 bits per heavy atom. The van der Waals surface area contributed by atoms with Crippen LogP contribution in [0.15, 0.2) is 0 Å². The maximum atomic E-state index is 11.0. The first-order chi connectivity index (χ1) is 7.62. The fraction of sp³-hybridized carbons (Fsp3) is 1.00. The molecule has 5 heteroatoms. The van der Waals surface area contributed by atoms with Gasteiger partial charge in [0, 0.05) is 6.54 Å². The van der Waals surface area contributed by atoms with Crippen LogP contribution in [-0.4, -0.2) is 19.6 Å². The van der Waals surface area contributed by atoms with Crippen molar-refractivity contribution in [1.82, 2.24) is 4.72 Å². The van der Waals surface area contributed by atoms with Crippen molar-refractivity contribution in [3.05, 3.63) is 0 Å². The van der Waals surface area contributed by atoms with Crippen molar-refractivity contribution in [2.75, 3.05) is 11.2 Å². The SMILES string of the molecule is CCCCCCCCCCNS(=O)(=O)CBr. The highest BCUT2D eigenvalue weighted by Gasteiger charge is 2.04. The number of unbranched alkanes of at least 4 members (excludes halogenated alkanes) is 7. The average molecular weight is 314 g/mol. The minimum absolute atomic E-state index is 0.00296. The van der Waals surface area contributed by atoms with E-state index >= 15 is 0 Å². The molecule has 0 rings (SSSR count). The summed E-state index contributed by atoms with van der Waals surface area (Å²) in [5.74, 6) is 0. The zero-order chi connectivity index (χ0) is 12.3. The topological polar surface area (TPSA) is 46.2 Å². The number of sulfonamides is 1. The van der Waals surface area contributed by atoms with Gasteiger partial charge in [-0.3, -0.25) is 0 Å². The lowest BCUT2D eigenvalue weighted by Crippen LogP contribution is -2.25. The molecule has 0 aromatic rings. The molecule has 0 bridgehead atoms. The van der Waals surface area contributed by atoms with Crippen LogP contribution in [-0.2, 0) is 10.0 Å². The van der Waals surface area contributed by atoms with E-state index in [0.29, 0.717) is 6.54 Å². The smallest absolute Gasteiger partial charge is 0.215 e. The summed E-state index contributed by atoms with van der Waals surface area (Å²) in [5, 5.41) is 0. The zero-order valence-corrected chi connectivity index (χ0v) is 12.6. The lowest BCUT2D eigenvalue weighted by Gasteiger charge is -2.03. The third-order valence-corrected chi connectivity index (χ3v) is 5.24. The van der Waals surface area contributed by atoms with Crippen LogP contribution in [0.3, 0.4) is 0 Å². The van der Waals surface area contributed by atoms with E-state index in [4.69, 9.17) is 0 Å². The van der Waals surface area contributed by atoms with Gasteiger partial charge in [-0.05, 0) is 6.42 Å². The molecule has 16 heavy (non-hydrogen) atoms.